The summed E-state index contributed by atoms with van der Waals surface area (Å²) in [5.41, 5.74) is -3.00. The first-order chi connectivity index (χ1) is 13.4. The van der Waals surface area contributed by atoms with Crippen LogP contribution in [-0.2, 0) is 15.7 Å². The van der Waals surface area contributed by atoms with Crippen LogP contribution in [0.1, 0.15) is 22.8 Å². The van der Waals surface area contributed by atoms with Gasteiger partial charge in [-0.1, -0.05) is 23.2 Å². The number of carbonyl (C=O) groups is 2. The van der Waals surface area contributed by atoms with E-state index in [0.717, 1.165) is 19.1 Å². The lowest BCUT2D eigenvalue weighted by Crippen LogP contribution is -2.30. The molecule has 0 saturated carbocycles. The molecule has 0 aliphatic heterocycles. The zero-order chi connectivity index (χ0) is 21.9. The fraction of sp³-hybridized carbons (Fsp3) is 0.176. The molecule has 0 spiro atoms. The number of halogens is 5. The number of nitro benzene ring substituents is 1. The van der Waals surface area contributed by atoms with E-state index in [2.05, 4.69) is 0 Å². The minimum absolute atomic E-state index is 0.0616. The summed E-state index contributed by atoms with van der Waals surface area (Å²) >= 11 is 11.5. The summed E-state index contributed by atoms with van der Waals surface area (Å²) in [6, 6.07) is 5.67. The van der Waals surface area contributed by atoms with E-state index in [1.165, 1.54) is 18.2 Å². The second kappa shape index (κ2) is 8.66. The Morgan fingerprint density at radius 1 is 1.14 bits per heavy atom. The Morgan fingerprint density at radius 2 is 1.72 bits per heavy atom. The van der Waals surface area contributed by atoms with E-state index < -0.39 is 46.0 Å². The molecule has 0 fully saturated rings. The number of carbonyl (C=O) groups excluding carboxylic acids is 2. The van der Waals surface area contributed by atoms with Gasteiger partial charge in [0.25, 0.3) is 11.6 Å². The Kier molecular flexibility index (Phi) is 6.70. The fourth-order valence-electron chi connectivity index (χ4n) is 2.18. The predicted molar refractivity (Wildman–Crippen MR) is 98.1 cm³/mol. The Hall–Kier alpha value is -2.85. The van der Waals surface area contributed by atoms with Crippen molar-refractivity contribution in [1.29, 1.82) is 0 Å². The summed E-state index contributed by atoms with van der Waals surface area (Å²) in [4.78, 5) is 34.0. The van der Waals surface area contributed by atoms with Crippen molar-refractivity contribution in [3.63, 3.8) is 0 Å². The summed E-state index contributed by atoms with van der Waals surface area (Å²) in [6.07, 6.45) is -6.46. The van der Waals surface area contributed by atoms with E-state index in [1.807, 2.05) is 5.32 Å². The Balaban J connectivity index is 2.19. The van der Waals surface area contributed by atoms with Gasteiger partial charge in [0.15, 0.2) is 6.10 Å². The standard InChI is InChI=1S/C17H11Cl2F3N2O5/c1-8(29-16(26)9-4-10(18)6-11(19)5-9)15(25)23-14-3-2-12(24(27)28)7-13(14)17(20,21)22/h2-8H,1H3,(H,23,25). The molecule has 0 aromatic heterocycles. The lowest BCUT2D eigenvalue weighted by molar-refractivity contribution is -0.385. The number of amides is 1. The van der Waals surface area contributed by atoms with E-state index >= 15 is 0 Å². The first kappa shape index (κ1) is 22.4. The number of nitro groups is 1. The molecule has 0 bridgehead atoms. The van der Waals surface area contributed by atoms with Crippen molar-refractivity contribution >= 4 is 46.5 Å². The third-order valence-electron chi connectivity index (χ3n) is 3.53. The van der Waals surface area contributed by atoms with Gasteiger partial charge in [-0.05, 0) is 31.2 Å². The molecule has 1 amide bonds. The van der Waals surface area contributed by atoms with Crippen LogP contribution in [0.4, 0.5) is 24.5 Å². The molecular formula is C17H11Cl2F3N2O5. The van der Waals surface area contributed by atoms with Gasteiger partial charge in [-0.3, -0.25) is 14.9 Å². The number of rotatable bonds is 5. The highest BCUT2D eigenvalue weighted by molar-refractivity contribution is 6.35. The van der Waals surface area contributed by atoms with Crippen molar-refractivity contribution in [2.24, 2.45) is 0 Å². The van der Waals surface area contributed by atoms with Crippen molar-refractivity contribution in [3.8, 4) is 0 Å². The third-order valence-corrected chi connectivity index (χ3v) is 3.96. The molecule has 0 radical (unpaired) electrons. The summed E-state index contributed by atoms with van der Waals surface area (Å²) in [5.74, 6) is -2.05. The molecule has 0 saturated heterocycles. The summed E-state index contributed by atoms with van der Waals surface area (Å²) in [5, 5.41) is 12.9. The highest BCUT2D eigenvalue weighted by atomic mass is 35.5. The molecular weight excluding hydrogens is 440 g/mol. The van der Waals surface area contributed by atoms with Crippen molar-refractivity contribution in [3.05, 3.63) is 67.7 Å². The maximum absolute atomic E-state index is 13.2. The van der Waals surface area contributed by atoms with E-state index in [9.17, 15) is 32.9 Å². The van der Waals surface area contributed by atoms with Crippen LogP contribution in [0, 0.1) is 10.1 Å². The highest BCUT2D eigenvalue weighted by Gasteiger charge is 2.36. The van der Waals surface area contributed by atoms with Crippen LogP contribution in [-0.4, -0.2) is 22.9 Å². The number of alkyl halides is 3. The summed E-state index contributed by atoms with van der Waals surface area (Å²) in [6.45, 7) is 1.14. The second-order valence-corrected chi connectivity index (χ2v) is 6.55. The number of benzene rings is 2. The van der Waals surface area contributed by atoms with Crippen molar-refractivity contribution in [1.82, 2.24) is 0 Å². The number of hydrogen-bond acceptors (Lipinski definition) is 5. The Bertz CT molecular complexity index is 962. The Labute approximate surface area is 171 Å². The number of non-ortho nitro benzene ring substituents is 1. The van der Waals surface area contributed by atoms with Gasteiger partial charge in [0, 0.05) is 22.2 Å². The zero-order valence-corrected chi connectivity index (χ0v) is 15.9. The van der Waals surface area contributed by atoms with Gasteiger partial charge in [-0.25, -0.2) is 4.79 Å². The van der Waals surface area contributed by atoms with Gasteiger partial charge in [0.05, 0.1) is 21.7 Å². The molecule has 0 aliphatic carbocycles. The molecule has 0 aliphatic rings. The topological polar surface area (TPSA) is 98.5 Å². The van der Waals surface area contributed by atoms with E-state index in [0.29, 0.717) is 6.07 Å². The van der Waals surface area contributed by atoms with Gasteiger partial charge in [0.1, 0.15) is 0 Å². The fourth-order valence-corrected chi connectivity index (χ4v) is 2.70. The van der Waals surface area contributed by atoms with Crippen LogP contribution in [0.5, 0.6) is 0 Å². The lowest BCUT2D eigenvalue weighted by atomic mass is 10.1. The van der Waals surface area contributed by atoms with Gasteiger partial charge < -0.3 is 10.1 Å². The first-order valence-corrected chi connectivity index (χ1v) is 8.47. The molecule has 7 nitrogen and oxygen atoms in total. The Morgan fingerprint density at radius 3 is 2.24 bits per heavy atom. The minimum atomic E-state index is -4.97. The molecule has 0 heterocycles. The van der Waals surface area contributed by atoms with E-state index in [4.69, 9.17) is 27.9 Å². The lowest BCUT2D eigenvalue weighted by Gasteiger charge is -2.17. The van der Waals surface area contributed by atoms with Crippen molar-refractivity contribution in [2.75, 3.05) is 5.32 Å². The molecule has 2 aromatic carbocycles. The molecule has 154 valence electrons. The number of nitrogens with one attached hydrogen (secondary N) is 1. The zero-order valence-electron chi connectivity index (χ0n) is 14.4. The molecule has 2 rings (SSSR count). The molecule has 12 heteroatoms. The second-order valence-electron chi connectivity index (χ2n) is 5.68. The van der Waals surface area contributed by atoms with Gasteiger partial charge in [-0.15, -0.1) is 0 Å². The van der Waals surface area contributed by atoms with Gasteiger partial charge in [0.2, 0.25) is 0 Å². The third kappa shape index (κ3) is 5.81. The van der Waals surface area contributed by atoms with Crippen LogP contribution in [0.15, 0.2) is 36.4 Å². The minimum Gasteiger partial charge on any atom is -0.449 e. The number of hydrogen-bond donors (Lipinski definition) is 1. The summed E-state index contributed by atoms with van der Waals surface area (Å²) in [7, 11) is 0. The normalized spacial score (nSPS) is 12.2. The van der Waals surface area contributed by atoms with Crippen LogP contribution in [0.25, 0.3) is 0 Å². The molecule has 1 atom stereocenters. The van der Waals surface area contributed by atoms with Crippen LogP contribution in [0.3, 0.4) is 0 Å². The molecule has 1 unspecified atom stereocenters. The quantitative estimate of drug-likeness (QED) is 0.387. The molecule has 29 heavy (non-hydrogen) atoms. The number of ether oxygens (including phenoxy) is 1. The number of esters is 1. The first-order valence-electron chi connectivity index (χ1n) is 7.72. The van der Waals surface area contributed by atoms with Crippen molar-refractivity contribution < 1.29 is 32.4 Å². The number of anilines is 1. The summed E-state index contributed by atoms with van der Waals surface area (Å²) < 4.78 is 44.4. The SMILES string of the molecule is CC(OC(=O)c1cc(Cl)cc(Cl)c1)C(=O)Nc1ccc([N+](=O)[O-])cc1C(F)(F)F. The van der Waals surface area contributed by atoms with Gasteiger partial charge in [-0.2, -0.15) is 13.2 Å². The number of nitrogens with zero attached hydrogens (tertiary/aromatic N) is 1. The molecule has 2 aromatic rings. The largest absolute Gasteiger partial charge is 0.449 e. The van der Waals surface area contributed by atoms with E-state index in [-0.39, 0.29) is 15.6 Å². The maximum atomic E-state index is 13.2. The van der Waals surface area contributed by atoms with Crippen LogP contribution in [0.2, 0.25) is 10.0 Å². The monoisotopic (exact) mass is 450 g/mol. The van der Waals surface area contributed by atoms with E-state index in [1.54, 1.807) is 0 Å². The average molecular weight is 451 g/mol. The molecule has 1 N–H and O–H groups in total. The van der Waals surface area contributed by atoms with Crippen LogP contribution < -0.4 is 5.32 Å². The predicted octanol–water partition coefficient (Wildman–Crippen LogP) is 5.10. The average Bonchev–Trinajstić information content (AvgIpc) is 2.59. The highest BCUT2D eigenvalue weighted by Crippen LogP contribution is 2.37. The van der Waals surface area contributed by atoms with Crippen molar-refractivity contribution in [2.45, 2.75) is 19.2 Å². The maximum Gasteiger partial charge on any atom is 0.418 e. The van der Waals surface area contributed by atoms with Crippen LogP contribution >= 0.6 is 23.2 Å². The smallest absolute Gasteiger partial charge is 0.418 e. The van der Waals surface area contributed by atoms with Gasteiger partial charge >= 0.3 is 12.1 Å².